The largest absolute Gasteiger partial charge is 0.472 e. The van der Waals surface area contributed by atoms with Crippen LogP contribution in [-0.2, 0) is 74.9 Å². The Morgan fingerprint density at radius 3 is 0.952 bits per heavy atom. The fraction of sp³-hybridized carbons (Fsp3) is 0.877. The summed E-state index contributed by atoms with van der Waals surface area (Å²) < 4.78 is 71.2. The van der Waals surface area contributed by atoms with Gasteiger partial charge in [-0.1, -0.05) is 258 Å². The highest BCUT2D eigenvalue weighted by Crippen LogP contribution is 2.44. The predicted octanol–water partition coefficient (Wildman–Crippen LogP) is 19.4. The Hall–Kier alpha value is -3.56. The van der Waals surface area contributed by atoms with Gasteiger partial charge >= 0.3 is 27.6 Å². The van der Waals surface area contributed by atoms with Crippen molar-refractivity contribution in [1.82, 2.24) is 21.3 Å². The molecule has 0 aliphatic heterocycles. The summed E-state index contributed by atoms with van der Waals surface area (Å²) in [6.07, 6.45) is 55.9. The van der Waals surface area contributed by atoms with Crippen molar-refractivity contribution in [3.05, 3.63) is 24.3 Å². The van der Waals surface area contributed by atoms with Crippen molar-refractivity contribution in [1.29, 1.82) is 0 Å². The molecule has 0 aliphatic rings. The highest BCUT2D eigenvalue weighted by atomic mass is 31.2. The van der Waals surface area contributed by atoms with Gasteiger partial charge in [-0.25, -0.2) is 9.13 Å². The highest BCUT2D eigenvalue weighted by molar-refractivity contribution is 7.47. The average molecular weight is 1530 g/mol. The number of unbranched alkanes of at least 4 members (excludes halogenated alkanes) is 34. The van der Waals surface area contributed by atoms with Gasteiger partial charge in [-0.15, -0.1) is 0 Å². The van der Waals surface area contributed by atoms with E-state index in [0.29, 0.717) is 64.2 Å². The topological polar surface area (TPSA) is 299 Å². The molecule has 105 heavy (non-hydrogen) atoms. The van der Waals surface area contributed by atoms with Crippen LogP contribution in [0.2, 0.25) is 0 Å². The minimum Gasteiger partial charge on any atom is -0.462 e. The van der Waals surface area contributed by atoms with Gasteiger partial charge in [0.15, 0.2) is 0 Å². The van der Waals surface area contributed by atoms with Crippen molar-refractivity contribution in [2.24, 2.45) is 0 Å². The summed E-state index contributed by atoms with van der Waals surface area (Å²) in [5.41, 5.74) is 0. The summed E-state index contributed by atoms with van der Waals surface area (Å²) in [5.74, 6) is -2.46. The van der Waals surface area contributed by atoms with Gasteiger partial charge in [0.1, 0.15) is 18.6 Å². The summed E-state index contributed by atoms with van der Waals surface area (Å²) in [7, 11) is -9.46. The Morgan fingerprint density at radius 1 is 0.324 bits per heavy atom. The second-order valence-electron chi connectivity index (χ2n) is 28.5. The zero-order valence-electron chi connectivity index (χ0n) is 67.1. The lowest BCUT2D eigenvalue weighted by atomic mass is 10.1. The number of ether oxygens (including phenoxy) is 4. The highest BCUT2D eigenvalue weighted by Gasteiger charge is 2.27. The van der Waals surface area contributed by atoms with E-state index in [2.05, 4.69) is 87.1 Å². The average Bonchev–Trinajstić information content (AvgIpc) is 0.924. The molecule has 0 saturated heterocycles. The molecule has 0 bridgehead atoms. The van der Waals surface area contributed by atoms with Crippen LogP contribution in [0.15, 0.2) is 24.3 Å². The van der Waals surface area contributed by atoms with E-state index in [4.69, 9.17) is 37.0 Å². The van der Waals surface area contributed by atoms with Gasteiger partial charge in [-0.2, -0.15) is 0 Å². The minimum absolute atomic E-state index is 0.0540. The lowest BCUT2D eigenvalue weighted by Crippen LogP contribution is -2.41. The molecule has 22 nitrogen and oxygen atoms in total. The third-order valence-electron chi connectivity index (χ3n) is 18.2. The molecule has 4 amide bonds. The number of amides is 4. The number of hydrogen-bond acceptors (Lipinski definition) is 16. The number of allylic oxidation sites excluding steroid dienone is 4. The van der Waals surface area contributed by atoms with Gasteiger partial charge in [-0.3, -0.25) is 46.9 Å². The first-order valence-corrected chi connectivity index (χ1v) is 45.1. The molecule has 0 radical (unpaired) electrons. The quantitative estimate of drug-likeness (QED) is 0.0108. The summed E-state index contributed by atoms with van der Waals surface area (Å²) in [6.45, 7) is 11.1. The van der Waals surface area contributed by atoms with Gasteiger partial charge in [0.25, 0.3) is 0 Å². The molecule has 0 fully saturated rings. The lowest BCUT2D eigenvalue weighted by Gasteiger charge is -2.22. The van der Waals surface area contributed by atoms with Crippen molar-refractivity contribution in [2.45, 2.75) is 393 Å². The zero-order chi connectivity index (χ0) is 77.2. The van der Waals surface area contributed by atoms with Crippen LogP contribution in [0.5, 0.6) is 0 Å². The fourth-order valence-corrected chi connectivity index (χ4v) is 13.4. The molecule has 0 rings (SSSR count). The number of hydrogen-bond donors (Lipinski definition) is 6. The molecule has 6 atom stereocenters. The second kappa shape index (κ2) is 74.5. The molecule has 0 heterocycles. The molecule has 6 N–H and O–H groups in total. The van der Waals surface area contributed by atoms with Crippen LogP contribution in [0.3, 0.4) is 0 Å². The fourth-order valence-electron chi connectivity index (χ4n) is 11.9. The van der Waals surface area contributed by atoms with Gasteiger partial charge in [0.05, 0.1) is 64.9 Å². The summed E-state index contributed by atoms with van der Waals surface area (Å²) in [5, 5.41) is 10.7. The van der Waals surface area contributed by atoms with Crippen LogP contribution in [0, 0.1) is 0 Å². The number of carbonyl (C=O) groups excluding carboxylic acids is 6. The Kier molecular flexibility index (Phi) is 72.0. The van der Waals surface area contributed by atoms with Gasteiger partial charge in [0, 0.05) is 51.6 Å². The zero-order valence-corrected chi connectivity index (χ0v) is 68.9. The standard InChI is InChI=1S/C81H154N4O18P2/c1-7-13-19-25-29-33-37-43-49-55-76(86)84-72(68-96-63-59-74(53-47-41-23-17-11-5)102-80(90)57-51-45-39-35-31-27-21-15-9-3)70-100-104(92,93)98-65-61-82-78(88)67-79(89)83-62-66-99-105(94,95)101-71-73(85-77(87)56-50-44-38-34-30-26-20-14-8-2)69-97-64-60-75(54-48-42-24-18-12-6)103-81(91)58-52-46-40-36-32-28-22-16-10-4/h35-36,39-40,72-75H,7-34,37-38,41-71H2,1-6H3,(H,82,88)(H,83,89)(H,84,86)(H,85,87)(H,92,93)(H,94,95)/b39-35-,40-36+/t72?,73?,74-,75-/m1/s1. The van der Waals surface area contributed by atoms with E-state index in [1.165, 1.54) is 116 Å². The Balaban J connectivity index is 5.49. The third-order valence-corrected chi connectivity index (χ3v) is 20.2. The van der Waals surface area contributed by atoms with Crippen LogP contribution >= 0.6 is 15.6 Å². The lowest BCUT2D eigenvalue weighted by molar-refractivity contribution is -0.151. The molecule has 0 spiro atoms. The van der Waals surface area contributed by atoms with Crippen LogP contribution < -0.4 is 21.3 Å². The Bertz CT molecular complexity index is 2100. The number of esters is 2. The maximum Gasteiger partial charge on any atom is 0.472 e. The van der Waals surface area contributed by atoms with Crippen molar-refractivity contribution in [3.63, 3.8) is 0 Å². The van der Waals surface area contributed by atoms with Crippen LogP contribution in [0.4, 0.5) is 0 Å². The van der Waals surface area contributed by atoms with Gasteiger partial charge in [0.2, 0.25) is 23.6 Å². The molecular formula is C81H154N4O18P2. The summed E-state index contributed by atoms with van der Waals surface area (Å²) >= 11 is 0. The molecule has 0 aliphatic carbocycles. The second-order valence-corrected chi connectivity index (χ2v) is 31.4. The number of rotatable bonds is 80. The van der Waals surface area contributed by atoms with Crippen LogP contribution in [-0.4, -0.2) is 136 Å². The van der Waals surface area contributed by atoms with Crippen molar-refractivity contribution < 1.29 is 84.7 Å². The van der Waals surface area contributed by atoms with Crippen molar-refractivity contribution in [2.75, 3.05) is 65.9 Å². The Labute approximate surface area is 637 Å². The normalized spacial score (nSPS) is 14.0. The van der Waals surface area contributed by atoms with E-state index in [9.17, 15) is 47.7 Å². The van der Waals surface area contributed by atoms with E-state index in [1.54, 1.807) is 0 Å². The molecular weight excluding hydrogens is 1380 g/mol. The molecule has 4 unspecified atom stereocenters. The number of carbonyl (C=O) groups is 6. The van der Waals surface area contributed by atoms with E-state index in [-0.39, 0.29) is 88.3 Å². The smallest absolute Gasteiger partial charge is 0.462 e. The maximum absolute atomic E-state index is 13.2. The van der Waals surface area contributed by atoms with Gasteiger partial charge in [-0.05, 0) is 89.9 Å². The molecule has 0 aromatic heterocycles. The SMILES string of the molecule is CCCCCC/C=C\CCCC(=O)O[C@H](CCCCCCC)CCOCC(COP(=O)(O)OCCNC(=O)CC(=O)NCCOP(=O)(O)OCC(COCC[C@@H](CCCCCCC)OC(=O)CCC/C=C/CCCCCC)NC(=O)CCCCCCCCCCC)NC(=O)CCCCCCCCCCC. The molecule has 24 heteroatoms. The third kappa shape index (κ3) is 71.8. The van der Waals surface area contributed by atoms with Crippen molar-refractivity contribution >= 4 is 51.2 Å². The van der Waals surface area contributed by atoms with Crippen molar-refractivity contribution in [3.8, 4) is 0 Å². The summed E-state index contributed by atoms with van der Waals surface area (Å²) in [6, 6.07) is -1.65. The first kappa shape index (κ1) is 101. The summed E-state index contributed by atoms with van der Waals surface area (Å²) in [4.78, 5) is 99.1. The van der Waals surface area contributed by atoms with E-state index in [1.807, 2.05) is 0 Å². The van der Waals surface area contributed by atoms with E-state index in [0.717, 1.165) is 128 Å². The van der Waals surface area contributed by atoms with Crippen LogP contribution in [0.1, 0.15) is 369 Å². The number of phosphoric acid groups is 2. The monoisotopic (exact) mass is 1530 g/mol. The molecule has 0 saturated carbocycles. The van der Waals surface area contributed by atoms with E-state index < -0.39 is 72.4 Å². The molecule has 0 aromatic rings. The molecule has 0 aromatic carbocycles. The number of nitrogens with one attached hydrogen (secondary N) is 4. The molecule has 616 valence electrons. The minimum atomic E-state index is -4.73. The van der Waals surface area contributed by atoms with Gasteiger partial charge < -0.3 is 50.0 Å². The predicted molar refractivity (Wildman–Crippen MR) is 423 cm³/mol. The van der Waals surface area contributed by atoms with E-state index >= 15 is 0 Å². The first-order chi connectivity index (χ1) is 50.9. The first-order valence-electron chi connectivity index (χ1n) is 42.1. The number of phosphoric ester groups is 2. The van der Waals surface area contributed by atoms with Crippen LogP contribution in [0.25, 0.3) is 0 Å². The Morgan fingerprint density at radius 2 is 0.619 bits per heavy atom. The maximum atomic E-state index is 13.2.